The van der Waals surface area contributed by atoms with Gasteiger partial charge in [0.2, 0.25) is 5.91 Å². The van der Waals surface area contributed by atoms with Crippen LogP contribution in [0.2, 0.25) is 0 Å². The molecule has 2 aromatic carbocycles. The molecule has 0 aromatic heterocycles. The molecule has 0 heterocycles. The summed E-state index contributed by atoms with van der Waals surface area (Å²) >= 11 is 3.44. The summed E-state index contributed by atoms with van der Waals surface area (Å²) in [7, 11) is 0. The van der Waals surface area contributed by atoms with Gasteiger partial charge in [-0.3, -0.25) is 4.79 Å². The molecule has 0 aliphatic carbocycles. The maximum atomic E-state index is 11.9. The Bertz CT molecular complexity index is 575. The van der Waals surface area contributed by atoms with Crippen LogP contribution in [-0.4, -0.2) is 12.5 Å². The van der Waals surface area contributed by atoms with Gasteiger partial charge >= 0.3 is 0 Å². The molecule has 2 rings (SSSR count). The van der Waals surface area contributed by atoms with Crippen molar-refractivity contribution in [3.05, 3.63) is 58.6 Å². The number of anilines is 2. The molecule has 0 fully saturated rings. The Morgan fingerprint density at radius 1 is 1.10 bits per heavy atom. The van der Waals surface area contributed by atoms with Gasteiger partial charge in [-0.25, -0.2) is 0 Å². The largest absolute Gasteiger partial charge is 0.376 e. The average molecular weight is 356 g/mol. The van der Waals surface area contributed by atoms with E-state index in [1.54, 1.807) is 0 Å². The molecule has 1 amide bonds. The van der Waals surface area contributed by atoms with Crippen molar-refractivity contribution in [2.75, 3.05) is 17.2 Å². The first-order valence-electron chi connectivity index (χ1n) is 6.00. The maximum absolute atomic E-state index is 11.9. The molecule has 0 aliphatic rings. The Morgan fingerprint density at radius 2 is 1.80 bits per heavy atom. The maximum Gasteiger partial charge on any atom is 0.243 e. The highest BCUT2D eigenvalue weighted by atomic mass is 79.9. The van der Waals surface area contributed by atoms with Crippen LogP contribution in [0.5, 0.6) is 0 Å². The zero-order chi connectivity index (χ0) is 13.7. The second-order valence-electron chi connectivity index (χ2n) is 4.18. The summed E-state index contributed by atoms with van der Waals surface area (Å²) < 4.78 is 0.987. The van der Waals surface area contributed by atoms with Gasteiger partial charge in [-0.1, -0.05) is 40.2 Å². The summed E-state index contributed by atoms with van der Waals surface area (Å²) in [5, 5.41) is 5.96. The fraction of sp³-hybridized carbons (Fsp3) is 0.133. The number of hydrogen-bond acceptors (Lipinski definition) is 2. The number of hydrogen-bond donors (Lipinski definition) is 2. The van der Waals surface area contributed by atoms with Crippen LogP contribution in [0.25, 0.3) is 0 Å². The molecule has 20 heavy (non-hydrogen) atoms. The van der Waals surface area contributed by atoms with Gasteiger partial charge < -0.3 is 10.6 Å². The number of halogens is 2. The zero-order valence-corrected chi connectivity index (χ0v) is 13.4. The lowest BCUT2D eigenvalue weighted by Crippen LogP contribution is -2.22. The van der Waals surface area contributed by atoms with Crippen LogP contribution in [0.4, 0.5) is 11.4 Å². The minimum Gasteiger partial charge on any atom is -0.376 e. The van der Waals surface area contributed by atoms with Gasteiger partial charge in [0, 0.05) is 15.8 Å². The van der Waals surface area contributed by atoms with E-state index in [2.05, 4.69) is 26.6 Å². The van der Waals surface area contributed by atoms with Crippen LogP contribution in [0.1, 0.15) is 5.56 Å². The third kappa shape index (κ3) is 4.54. The molecule has 5 heteroatoms. The average Bonchev–Trinajstić information content (AvgIpc) is 2.43. The molecule has 0 atom stereocenters. The summed E-state index contributed by atoms with van der Waals surface area (Å²) in [4.78, 5) is 11.9. The van der Waals surface area contributed by atoms with E-state index < -0.39 is 0 Å². The van der Waals surface area contributed by atoms with Gasteiger partial charge in [-0.05, 0) is 36.8 Å². The van der Waals surface area contributed by atoms with Crippen molar-refractivity contribution in [2.45, 2.75) is 6.92 Å². The van der Waals surface area contributed by atoms with E-state index in [4.69, 9.17) is 0 Å². The Hall–Kier alpha value is -1.52. The molecule has 2 N–H and O–H groups in total. The van der Waals surface area contributed by atoms with E-state index in [0.717, 1.165) is 21.4 Å². The second kappa shape index (κ2) is 7.92. The molecule has 106 valence electrons. The molecule has 0 aliphatic heterocycles. The third-order valence-electron chi connectivity index (χ3n) is 2.77. The highest BCUT2D eigenvalue weighted by Crippen LogP contribution is 2.23. The minimum atomic E-state index is -0.0648. The van der Waals surface area contributed by atoms with Gasteiger partial charge in [0.15, 0.2) is 0 Å². The van der Waals surface area contributed by atoms with E-state index in [-0.39, 0.29) is 24.9 Å². The molecule has 0 unspecified atom stereocenters. The van der Waals surface area contributed by atoms with Crippen molar-refractivity contribution >= 4 is 45.6 Å². The minimum absolute atomic E-state index is 0. The third-order valence-corrected chi connectivity index (χ3v) is 3.63. The number of nitrogens with one attached hydrogen (secondary N) is 2. The Balaban J connectivity index is 0.00000200. The van der Waals surface area contributed by atoms with Crippen molar-refractivity contribution in [3.63, 3.8) is 0 Å². The predicted octanol–water partition coefficient (Wildman–Crippen LogP) is 4.23. The number of amides is 1. The quantitative estimate of drug-likeness (QED) is 0.861. The second-order valence-corrected chi connectivity index (χ2v) is 5.03. The Labute approximate surface area is 133 Å². The van der Waals surface area contributed by atoms with Crippen LogP contribution >= 0.6 is 28.3 Å². The topological polar surface area (TPSA) is 41.1 Å². The molecule has 2 aromatic rings. The van der Waals surface area contributed by atoms with Crippen LogP contribution in [-0.2, 0) is 4.79 Å². The van der Waals surface area contributed by atoms with Crippen LogP contribution in [0.15, 0.2) is 53.0 Å². The smallest absolute Gasteiger partial charge is 0.243 e. The number of carbonyl (C=O) groups excluding carboxylic acids is 1. The summed E-state index contributed by atoms with van der Waals surface area (Å²) in [5.74, 6) is -0.0648. The first-order valence-corrected chi connectivity index (χ1v) is 6.80. The first-order chi connectivity index (χ1) is 9.16. The van der Waals surface area contributed by atoms with E-state index in [1.165, 1.54) is 0 Å². The van der Waals surface area contributed by atoms with E-state index in [0.29, 0.717) is 0 Å². The van der Waals surface area contributed by atoms with E-state index in [1.807, 2.05) is 55.5 Å². The number of benzene rings is 2. The van der Waals surface area contributed by atoms with Crippen LogP contribution in [0, 0.1) is 6.92 Å². The molecule has 0 saturated heterocycles. The van der Waals surface area contributed by atoms with Crippen LogP contribution < -0.4 is 10.6 Å². The van der Waals surface area contributed by atoms with Gasteiger partial charge in [-0.15, -0.1) is 12.4 Å². The van der Waals surface area contributed by atoms with Crippen LogP contribution in [0.3, 0.4) is 0 Å². The fourth-order valence-corrected chi connectivity index (χ4v) is 2.04. The van der Waals surface area contributed by atoms with Crippen molar-refractivity contribution in [3.8, 4) is 0 Å². The summed E-state index contributed by atoms with van der Waals surface area (Å²) in [6.07, 6.45) is 0. The van der Waals surface area contributed by atoms with Crippen molar-refractivity contribution < 1.29 is 4.79 Å². The molecule has 0 spiro atoms. The molecular weight excluding hydrogens is 340 g/mol. The number of carbonyl (C=O) groups is 1. The normalized spacial score (nSPS) is 9.50. The highest BCUT2D eigenvalue weighted by Gasteiger charge is 2.06. The first kappa shape index (κ1) is 16.5. The standard InChI is InChI=1S/C15H15BrN2O.ClH/c1-11-13(16)8-5-9-14(11)18-15(19)10-17-12-6-3-2-4-7-12;/h2-9,17H,10H2,1H3,(H,18,19);1H. The van der Waals surface area contributed by atoms with Crippen molar-refractivity contribution in [1.82, 2.24) is 0 Å². The van der Waals surface area contributed by atoms with Crippen molar-refractivity contribution in [1.29, 1.82) is 0 Å². The summed E-state index contributed by atoms with van der Waals surface area (Å²) in [5.41, 5.74) is 2.79. The lowest BCUT2D eigenvalue weighted by Gasteiger charge is -2.10. The molecule has 0 saturated carbocycles. The molecule has 3 nitrogen and oxygen atoms in total. The van der Waals surface area contributed by atoms with Gasteiger partial charge in [0.05, 0.1) is 6.54 Å². The number of rotatable bonds is 4. The fourth-order valence-electron chi connectivity index (χ4n) is 1.68. The lowest BCUT2D eigenvalue weighted by atomic mass is 10.2. The Morgan fingerprint density at radius 3 is 2.50 bits per heavy atom. The van der Waals surface area contributed by atoms with Gasteiger partial charge in [0.1, 0.15) is 0 Å². The summed E-state index contributed by atoms with van der Waals surface area (Å²) in [6.45, 7) is 2.21. The molecular formula is C15H16BrClN2O. The summed E-state index contributed by atoms with van der Waals surface area (Å²) in [6, 6.07) is 15.4. The SMILES string of the molecule is Cc1c(Br)cccc1NC(=O)CNc1ccccc1.Cl. The monoisotopic (exact) mass is 354 g/mol. The zero-order valence-electron chi connectivity index (χ0n) is 11.0. The lowest BCUT2D eigenvalue weighted by molar-refractivity contribution is -0.114. The van der Waals surface area contributed by atoms with E-state index >= 15 is 0 Å². The molecule has 0 radical (unpaired) electrons. The molecule has 0 bridgehead atoms. The highest BCUT2D eigenvalue weighted by molar-refractivity contribution is 9.10. The predicted molar refractivity (Wildman–Crippen MR) is 89.7 cm³/mol. The van der Waals surface area contributed by atoms with Gasteiger partial charge in [0.25, 0.3) is 0 Å². The Kier molecular flexibility index (Phi) is 6.55. The van der Waals surface area contributed by atoms with Crippen molar-refractivity contribution in [2.24, 2.45) is 0 Å². The van der Waals surface area contributed by atoms with E-state index in [9.17, 15) is 4.79 Å². The van der Waals surface area contributed by atoms with Gasteiger partial charge in [-0.2, -0.15) is 0 Å². The number of para-hydroxylation sites is 1.